The summed E-state index contributed by atoms with van der Waals surface area (Å²) in [6.45, 7) is 4.04. The van der Waals surface area contributed by atoms with Gasteiger partial charge < -0.3 is 5.11 Å². The van der Waals surface area contributed by atoms with Gasteiger partial charge in [0.15, 0.2) is 0 Å². The van der Waals surface area contributed by atoms with Crippen molar-refractivity contribution in [3.8, 4) is 11.1 Å². The SMILES string of the molecule is CC1(C)CCCC1c1cc(CO)ccc1-c1cc(C(=O)C(F)(F)F)ccc1F. The van der Waals surface area contributed by atoms with Crippen LogP contribution in [-0.2, 0) is 6.61 Å². The Morgan fingerprint density at radius 2 is 1.86 bits per heavy atom. The smallest absolute Gasteiger partial charge is 0.392 e. The number of halogens is 4. The molecule has 1 fully saturated rings. The van der Waals surface area contributed by atoms with Crippen LogP contribution in [0.1, 0.15) is 60.5 Å². The van der Waals surface area contributed by atoms with Crippen molar-refractivity contribution in [2.45, 2.75) is 51.8 Å². The summed E-state index contributed by atoms with van der Waals surface area (Å²) in [4.78, 5) is 11.6. The Morgan fingerprint density at radius 3 is 2.43 bits per heavy atom. The van der Waals surface area contributed by atoms with Gasteiger partial charge in [-0.2, -0.15) is 13.2 Å². The fraction of sp³-hybridized carbons (Fsp3) is 0.409. The Kier molecular flexibility index (Phi) is 5.36. The van der Waals surface area contributed by atoms with E-state index in [0.717, 1.165) is 43.0 Å². The van der Waals surface area contributed by atoms with E-state index in [0.29, 0.717) is 11.1 Å². The maximum Gasteiger partial charge on any atom is 0.454 e. The Bertz CT molecular complexity index is 900. The van der Waals surface area contributed by atoms with Gasteiger partial charge in [-0.25, -0.2) is 4.39 Å². The predicted molar refractivity (Wildman–Crippen MR) is 98.5 cm³/mol. The first-order valence-corrected chi connectivity index (χ1v) is 9.20. The highest BCUT2D eigenvalue weighted by Gasteiger charge is 2.40. The number of aliphatic hydroxyl groups is 1. The number of carbonyl (C=O) groups excluding carboxylic acids is 1. The minimum Gasteiger partial charge on any atom is -0.392 e. The lowest BCUT2D eigenvalue weighted by atomic mass is 9.75. The number of alkyl halides is 3. The summed E-state index contributed by atoms with van der Waals surface area (Å²) in [5.74, 6) is -2.61. The van der Waals surface area contributed by atoms with Gasteiger partial charge in [-0.3, -0.25) is 4.79 Å². The topological polar surface area (TPSA) is 37.3 Å². The Labute approximate surface area is 161 Å². The van der Waals surface area contributed by atoms with E-state index in [1.165, 1.54) is 0 Å². The number of benzene rings is 2. The molecule has 0 bridgehead atoms. The second-order valence-electron chi connectivity index (χ2n) is 8.03. The first kappa shape index (κ1) is 20.5. The Hall–Kier alpha value is -2.21. The van der Waals surface area contributed by atoms with Gasteiger partial charge in [0.1, 0.15) is 5.82 Å². The van der Waals surface area contributed by atoms with E-state index in [1.807, 2.05) is 0 Å². The molecule has 0 aliphatic heterocycles. The van der Waals surface area contributed by atoms with E-state index in [2.05, 4.69) is 13.8 Å². The summed E-state index contributed by atoms with van der Waals surface area (Å²) in [7, 11) is 0. The van der Waals surface area contributed by atoms with Gasteiger partial charge in [0.25, 0.3) is 5.78 Å². The summed E-state index contributed by atoms with van der Waals surface area (Å²) in [5, 5.41) is 9.51. The molecule has 1 aliphatic carbocycles. The molecule has 6 heteroatoms. The average Bonchev–Trinajstić information content (AvgIpc) is 2.99. The van der Waals surface area contributed by atoms with Gasteiger partial charge in [-0.15, -0.1) is 0 Å². The summed E-state index contributed by atoms with van der Waals surface area (Å²) in [6.07, 6.45) is -2.17. The van der Waals surface area contributed by atoms with Crippen molar-refractivity contribution in [3.63, 3.8) is 0 Å². The van der Waals surface area contributed by atoms with Crippen LogP contribution >= 0.6 is 0 Å². The molecule has 1 unspecified atom stereocenters. The highest BCUT2D eigenvalue weighted by atomic mass is 19.4. The van der Waals surface area contributed by atoms with Gasteiger partial charge in [0, 0.05) is 11.1 Å². The molecule has 1 saturated carbocycles. The lowest BCUT2D eigenvalue weighted by Crippen LogP contribution is -2.22. The van der Waals surface area contributed by atoms with Crippen LogP contribution in [0.5, 0.6) is 0 Å². The second kappa shape index (κ2) is 7.32. The summed E-state index contributed by atoms with van der Waals surface area (Å²) in [5.41, 5.74) is 1.24. The number of aliphatic hydroxyl groups excluding tert-OH is 1. The molecular weight excluding hydrogens is 372 g/mol. The van der Waals surface area contributed by atoms with Crippen molar-refractivity contribution >= 4 is 5.78 Å². The van der Waals surface area contributed by atoms with E-state index in [1.54, 1.807) is 18.2 Å². The van der Waals surface area contributed by atoms with Crippen molar-refractivity contribution in [2.24, 2.45) is 5.41 Å². The number of rotatable bonds is 4. The quantitative estimate of drug-likeness (QED) is 0.508. The maximum atomic E-state index is 14.6. The van der Waals surface area contributed by atoms with E-state index in [-0.39, 0.29) is 23.5 Å². The van der Waals surface area contributed by atoms with Crippen LogP contribution in [0, 0.1) is 11.2 Å². The van der Waals surface area contributed by atoms with Crippen LogP contribution in [0.3, 0.4) is 0 Å². The molecule has 150 valence electrons. The number of carbonyl (C=O) groups is 1. The molecule has 28 heavy (non-hydrogen) atoms. The molecule has 0 saturated heterocycles. The molecule has 0 radical (unpaired) electrons. The molecule has 1 N–H and O–H groups in total. The van der Waals surface area contributed by atoms with Crippen LogP contribution in [-0.4, -0.2) is 17.1 Å². The summed E-state index contributed by atoms with van der Waals surface area (Å²) >= 11 is 0. The molecule has 2 aromatic carbocycles. The molecule has 2 nitrogen and oxygen atoms in total. The Morgan fingerprint density at radius 1 is 1.14 bits per heavy atom. The lowest BCUT2D eigenvalue weighted by molar-refractivity contribution is -0.0885. The zero-order chi connectivity index (χ0) is 20.7. The number of hydrogen-bond acceptors (Lipinski definition) is 2. The molecule has 1 atom stereocenters. The normalized spacial score (nSPS) is 19.0. The van der Waals surface area contributed by atoms with Crippen molar-refractivity contribution in [1.82, 2.24) is 0 Å². The maximum absolute atomic E-state index is 14.6. The van der Waals surface area contributed by atoms with Gasteiger partial charge in [0.2, 0.25) is 0 Å². The molecule has 0 heterocycles. The van der Waals surface area contributed by atoms with Gasteiger partial charge >= 0.3 is 6.18 Å². The monoisotopic (exact) mass is 394 g/mol. The molecule has 2 aromatic rings. The van der Waals surface area contributed by atoms with E-state index < -0.39 is 23.3 Å². The van der Waals surface area contributed by atoms with Gasteiger partial charge in [-0.1, -0.05) is 38.5 Å². The average molecular weight is 394 g/mol. The van der Waals surface area contributed by atoms with E-state index in [4.69, 9.17) is 0 Å². The first-order chi connectivity index (χ1) is 13.0. The summed E-state index contributed by atoms with van der Waals surface area (Å²) in [6, 6.07) is 7.77. The van der Waals surface area contributed by atoms with Crippen LogP contribution in [0.2, 0.25) is 0 Å². The fourth-order valence-electron chi connectivity index (χ4n) is 4.18. The minimum absolute atomic E-state index is 0.0303. The highest BCUT2D eigenvalue weighted by molar-refractivity contribution is 6.01. The number of Topliss-reactive ketones (excluding diaryl/α,β-unsaturated/α-hetero) is 1. The fourth-order valence-corrected chi connectivity index (χ4v) is 4.18. The van der Waals surface area contributed by atoms with Crippen molar-refractivity contribution in [3.05, 3.63) is 58.9 Å². The molecule has 0 amide bonds. The largest absolute Gasteiger partial charge is 0.454 e. The predicted octanol–water partition coefficient (Wildman–Crippen LogP) is 6.02. The second-order valence-corrected chi connectivity index (χ2v) is 8.03. The van der Waals surface area contributed by atoms with Gasteiger partial charge in [0.05, 0.1) is 6.61 Å². The van der Waals surface area contributed by atoms with E-state index >= 15 is 0 Å². The third-order valence-electron chi connectivity index (χ3n) is 5.71. The lowest BCUT2D eigenvalue weighted by Gasteiger charge is -2.30. The Balaban J connectivity index is 2.17. The molecule has 0 aromatic heterocycles. The van der Waals surface area contributed by atoms with E-state index in [9.17, 15) is 27.5 Å². The summed E-state index contributed by atoms with van der Waals surface area (Å²) < 4.78 is 53.1. The standard InChI is InChI=1S/C22H22F4O2/c1-21(2)9-3-4-18(21)16-10-13(12-27)5-7-15(16)17-11-14(6-8-19(17)23)20(28)22(24,25)26/h5-8,10-11,18,27H,3-4,9,12H2,1-2H3. The number of ketones is 1. The van der Waals surface area contributed by atoms with Crippen LogP contribution < -0.4 is 0 Å². The third kappa shape index (κ3) is 3.83. The van der Waals surface area contributed by atoms with Crippen LogP contribution in [0.15, 0.2) is 36.4 Å². The highest BCUT2D eigenvalue weighted by Crippen LogP contribution is 2.51. The van der Waals surface area contributed by atoms with Crippen LogP contribution in [0.4, 0.5) is 17.6 Å². The van der Waals surface area contributed by atoms with Crippen molar-refractivity contribution in [2.75, 3.05) is 0 Å². The minimum atomic E-state index is -5.02. The number of hydrogen-bond donors (Lipinski definition) is 1. The zero-order valence-electron chi connectivity index (χ0n) is 15.7. The zero-order valence-corrected chi connectivity index (χ0v) is 15.7. The first-order valence-electron chi connectivity index (χ1n) is 9.20. The van der Waals surface area contributed by atoms with Gasteiger partial charge in [-0.05, 0) is 59.1 Å². The molecule has 3 rings (SSSR count). The van der Waals surface area contributed by atoms with Crippen molar-refractivity contribution < 1.29 is 27.5 Å². The third-order valence-corrected chi connectivity index (χ3v) is 5.71. The molecule has 1 aliphatic rings. The molecular formula is C22H22F4O2. The molecule has 0 spiro atoms. The van der Waals surface area contributed by atoms with Crippen LogP contribution in [0.25, 0.3) is 11.1 Å². The van der Waals surface area contributed by atoms with Crippen molar-refractivity contribution in [1.29, 1.82) is 0 Å².